The first kappa shape index (κ1) is 9.13. The molecule has 0 saturated carbocycles. The van der Waals surface area contributed by atoms with Crippen molar-refractivity contribution in [2.75, 3.05) is 27.2 Å². The summed E-state index contributed by atoms with van der Waals surface area (Å²) in [5.74, 6) is 0. The minimum absolute atomic E-state index is 1.00. The van der Waals surface area contributed by atoms with E-state index in [1.165, 1.54) is 11.4 Å². The van der Waals surface area contributed by atoms with Crippen molar-refractivity contribution in [1.82, 2.24) is 9.80 Å². The lowest BCUT2D eigenvalue weighted by Crippen LogP contribution is -2.29. The van der Waals surface area contributed by atoms with Crippen LogP contribution in [0.3, 0.4) is 0 Å². The molecule has 0 unspecified atom stereocenters. The molecule has 0 aliphatic carbocycles. The fourth-order valence-corrected chi connectivity index (χ4v) is 1.77. The smallest absolute Gasteiger partial charge is 0.0604 e. The Balaban J connectivity index is 2.29. The Bertz CT molecular complexity index is 300. The standard InChI is InChI=1S/C12H16N2/c1-13-9-5-3-7-11(13)12-8-4-6-10-14(12)2/h3-8H,9-10H2,1-2H3. The van der Waals surface area contributed by atoms with E-state index < -0.39 is 0 Å². The van der Waals surface area contributed by atoms with Gasteiger partial charge in [-0.25, -0.2) is 0 Å². The fraction of sp³-hybridized carbons (Fsp3) is 0.333. The lowest BCUT2D eigenvalue weighted by atomic mass is 10.1. The van der Waals surface area contributed by atoms with E-state index >= 15 is 0 Å². The first-order chi connectivity index (χ1) is 6.79. The molecular weight excluding hydrogens is 172 g/mol. The van der Waals surface area contributed by atoms with Crippen LogP contribution in [0.4, 0.5) is 0 Å². The van der Waals surface area contributed by atoms with Crippen LogP contribution >= 0.6 is 0 Å². The summed E-state index contributed by atoms with van der Waals surface area (Å²) < 4.78 is 0. The molecule has 2 heterocycles. The highest BCUT2D eigenvalue weighted by molar-refractivity contribution is 5.38. The van der Waals surface area contributed by atoms with Gasteiger partial charge in [-0.05, 0) is 12.2 Å². The van der Waals surface area contributed by atoms with Crippen molar-refractivity contribution < 1.29 is 0 Å². The van der Waals surface area contributed by atoms with Crippen LogP contribution in [-0.4, -0.2) is 37.0 Å². The van der Waals surface area contributed by atoms with E-state index in [2.05, 4.69) is 60.4 Å². The van der Waals surface area contributed by atoms with E-state index in [4.69, 9.17) is 0 Å². The summed E-state index contributed by atoms with van der Waals surface area (Å²) in [6.07, 6.45) is 12.9. The topological polar surface area (TPSA) is 6.48 Å². The van der Waals surface area contributed by atoms with Gasteiger partial charge in [0.15, 0.2) is 0 Å². The summed E-state index contributed by atoms with van der Waals surface area (Å²) in [6.45, 7) is 2.00. The lowest BCUT2D eigenvalue weighted by Gasteiger charge is -2.31. The maximum atomic E-state index is 2.27. The van der Waals surface area contributed by atoms with Crippen molar-refractivity contribution in [3.8, 4) is 0 Å². The Kier molecular flexibility index (Phi) is 2.44. The van der Waals surface area contributed by atoms with Crippen LogP contribution in [0.2, 0.25) is 0 Å². The van der Waals surface area contributed by atoms with Crippen molar-refractivity contribution >= 4 is 0 Å². The first-order valence-corrected chi connectivity index (χ1v) is 4.95. The Morgan fingerprint density at radius 1 is 0.857 bits per heavy atom. The minimum Gasteiger partial charge on any atom is -0.369 e. The zero-order valence-corrected chi connectivity index (χ0v) is 8.77. The van der Waals surface area contributed by atoms with Crippen LogP contribution in [0.1, 0.15) is 0 Å². The molecular formula is C12H16N2. The van der Waals surface area contributed by atoms with Crippen LogP contribution in [0, 0.1) is 0 Å². The molecule has 0 aromatic carbocycles. The Hall–Kier alpha value is -1.44. The van der Waals surface area contributed by atoms with E-state index in [0.717, 1.165) is 13.1 Å². The summed E-state index contributed by atoms with van der Waals surface area (Å²) in [5, 5.41) is 0. The lowest BCUT2D eigenvalue weighted by molar-refractivity contribution is 0.395. The number of hydrogen-bond donors (Lipinski definition) is 0. The third kappa shape index (κ3) is 1.60. The number of nitrogens with zero attached hydrogens (tertiary/aromatic N) is 2. The van der Waals surface area contributed by atoms with E-state index in [0.29, 0.717) is 0 Å². The zero-order chi connectivity index (χ0) is 9.97. The van der Waals surface area contributed by atoms with Gasteiger partial charge in [0, 0.05) is 27.2 Å². The molecule has 0 N–H and O–H groups in total. The summed E-state index contributed by atoms with van der Waals surface area (Å²) in [5.41, 5.74) is 2.61. The van der Waals surface area contributed by atoms with E-state index in [-0.39, 0.29) is 0 Å². The van der Waals surface area contributed by atoms with Crippen LogP contribution in [0.25, 0.3) is 0 Å². The fourth-order valence-electron chi connectivity index (χ4n) is 1.77. The summed E-state index contributed by atoms with van der Waals surface area (Å²) in [4.78, 5) is 4.53. The van der Waals surface area contributed by atoms with Gasteiger partial charge in [-0.1, -0.05) is 24.3 Å². The Labute approximate surface area is 85.5 Å². The van der Waals surface area contributed by atoms with Crippen molar-refractivity contribution in [3.63, 3.8) is 0 Å². The predicted molar refractivity (Wildman–Crippen MR) is 59.7 cm³/mol. The molecule has 0 bridgehead atoms. The van der Waals surface area contributed by atoms with Gasteiger partial charge in [-0.2, -0.15) is 0 Å². The van der Waals surface area contributed by atoms with Crippen LogP contribution in [0.5, 0.6) is 0 Å². The molecule has 0 saturated heterocycles. The second-order valence-corrected chi connectivity index (χ2v) is 3.72. The molecule has 0 atom stereocenters. The Morgan fingerprint density at radius 3 is 1.64 bits per heavy atom. The number of rotatable bonds is 1. The molecule has 74 valence electrons. The van der Waals surface area contributed by atoms with Crippen molar-refractivity contribution in [2.45, 2.75) is 0 Å². The number of allylic oxidation sites excluding steroid dienone is 4. The summed E-state index contributed by atoms with van der Waals surface area (Å²) in [7, 11) is 4.25. The molecule has 2 aliphatic rings. The van der Waals surface area contributed by atoms with Crippen molar-refractivity contribution in [2.24, 2.45) is 0 Å². The largest absolute Gasteiger partial charge is 0.369 e. The molecule has 0 spiro atoms. The Morgan fingerprint density at radius 2 is 1.29 bits per heavy atom. The van der Waals surface area contributed by atoms with Crippen LogP contribution in [-0.2, 0) is 0 Å². The normalized spacial score (nSPS) is 21.0. The molecule has 0 aromatic rings. The highest BCUT2D eigenvalue weighted by atomic mass is 15.2. The van der Waals surface area contributed by atoms with E-state index in [9.17, 15) is 0 Å². The third-order valence-electron chi connectivity index (χ3n) is 2.62. The molecule has 2 heteroatoms. The molecule has 0 amide bonds. The first-order valence-electron chi connectivity index (χ1n) is 4.95. The molecule has 14 heavy (non-hydrogen) atoms. The summed E-state index contributed by atoms with van der Waals surface area (Å²) >= 11 is 0. The molecule has 2 nitrogen and oxygen atoms in total. The monoisotopic (exact) mass is 188 g/mol. The number of likely N-dealkylation sites (N-methyl/N-ethyl adjacent to an activating group) is 2. The second kappa shape index (κ2) is 3.74. The van der Waals surface area contributed by atoms with Gasteiger partial charge in [0.05, 0.1) is 11.4 Å². The molecule has 0 radical (unpaired) electrons. The van der Waals surface area contributed by atoms with Crippen molar-refractivity contribution in [3.05, 3.63) is 47.9 Å². The average molecular weight is 188 g/mol. The highest BCUT2D eigenvalue weighted by Crippen LogP contribution is 2.21. The van der Waals surface area contributed by atoms with Gasteiger partial charge >= 0.3 is 0 Å². The van der Waals surface area contributed by atoms with Gasteiger partial charge in [-0.15, -0.1) is 0 Å². The maximum Gasteiger partial charge on any atom is 0.0604 e. The average Bonchev–Trinajstić information content (AvgIpc) is 2.20. The highest BCUT2D eigenvalue weighted by Gasteiger charge is 2.15. The molecule has 0 aromatic heterocycles. The predicted octanol–water partition coefficient (Wildman–Crippen LogP) is 1.76. The van der Waals surface area contributed by atoms with Gasteiger partial charge in [-0.3, -0.25) is 0 Å². The quantitative estimate of drug-likeness (QED) is 0.618. The van der Waals surface area contributed by atoms with Crippen LogP contribution < -0.4 is 0 Å². The number of hydrogen-bond acceptors (Lipinski definition) is 2. The van der Waals surface area contributed by atoms with Gasteiger partial charge < -0.3 is 9.80 Å². The van der Waals surface area contributed by atoms with Gasteiger partial charge in [0.1, 0.15) is 0 Å². The molecule has 2 aliphatic heterocycles. The van der Waals surface area contributed by atoms with Gasteiger partial charge in [0.2, 0.25) is 0 Å². The molecule has 0 fully saturated rings. The van der Waals surface area contributed by atoms with Gasteiger partial charge in [0.25, 0.3) is 0 Å². The van der Waals surface area contributed by atoms with Crippen molar-refractivity contribution in [1.29, 1.82) is 0 Å². The SMILES string of the molecule is CN1CC=CC=C1C1=CC=CCN1C. The molecule has 2 rings (SSSR count). The minimum atomic E-state index is 1.00. The van der Waals surface area contributed by atoms with E-state index in [1.54, 1.807) is 0 Å². The third-order valence-corrected chi connectivity index (χ3v) is 2.62. The maximum absolute atomic E-state index is 2.27. The zero-order valence-electron chi connectivity index (χ0n) is 8.77. The van der Waals surface area contributed by atoms with Crippen LogP contribution in [0.15, 0.2) is 47.9 Å². The second-order valence-electron chi connectivity index (χ2n) is 3.72. The van der Waals surface area contributed by atoms with E-state index in [1.807, 2.05) is 0 Å². The summed E-state index contributed by atoms with van der Waals surface area (Å²) in [6, 6.07) is 0.